The number of hydrogen-bond donors (Lipinski definition) is 1. The molecule has 0 amide bonds. The largest absolute Gasteiger partial charge is 0.489 e. The lowest BCUT2D eigenvalue weighted by molar-refractivity contribution is 0.134. The van der Waals surface area contributed by atoms with E-state index in [-0.39, 0.29) is 17.4 Å². The monoisotopic (exact) mass is 418 g/mol. The second kappa shape index (κ2) is 7.88. The molecule has 1 fully saturated rings. The predicted molar refractivity (Wildman–Crippen MR) is 113 cm³/mol. The molecule has 0 saturated carbocycles. The van der Waals surface area contributed by atoms with E-state index in [0.29, 0.717) is 42.9 Å². The smallest absolute Gasteiger partial charge is 0.222 e. The van der Waals surface area contributed by atoms with Gasteiger partial charge in [-0.25, -0.2) is 4.98 Å². The Morgan fingerprint density at radius 2 is 1.86 bits per heavy atom. The van der Waals surface area contributed by atoms with Crippen LogP contribution in [0.4, 0.5) is 11.8 Å². The van der Waals surface area contributed by atoms with E-state index < -0.39 is 0 Å². The number of benzene rings is 1. The molecule has 1 aromatic carbocycles. The number of aromatic nitrogens is 2. The number of rotatable bonds is 2. The maximum atomic E-state index is 6.71. The van der Waals surface area contributed by atoms with Gasteiger partial charge in [-0.3, -0.25) is 0 Å². The highest BCUT2D eigenvalue weighted by Gasteiger charge is 2.30. The molecule has 0 spiro atoms. The number of nitrogens with two attached hydrogens (primary N) is 1. The molecule has 2 aliphatic rings. The standard InChI is InChI=1S/C21H27ClN4O3/c1-13-7-19(25-20(23)24-13)26-5-4-6-27-10-16(26)14-8-17-18(9-15(14)22)29-12-21(2,3)11-28-17/h7-9,16H,4-6,10-12H2,1-3H3,(H2,23,24,25)/t16-/m1/s1. The molecular formula is C21H27ClN4O3. The summed E-state index contributed by atoms with van der Waals surface area (Å²) in [5, 5.41) is 0.617. The molecule has 0 unspecified atom stereocenters. The van der Waals surface area contributed by atoms with Crippen molar-refractivity contribution in [2.24, 2.45) is 5.41 Å². The molecule has 7 nitrogen and oxygen atoms in total. The molecule has 3 heterocycles. The summed E-state index contributed by atoms with van der Waals surface area (Å²) in [6.45, 7) is 9.25. The summed E-state index contributed by atoms with van der Waals surface area (Å²) in [7, 11) is 0. The number of nitrogens with zero attached hydrogens (tertiary/aromatic N) is 3. The third-order valence-corrected chi connectivity index (χ3v) is 5.48. The molecule has 8 heteroatoms. The number of ether oxygens (including phenoxy) is 3. The van der Waals surface area contributed by atoms with Gasteiger partial charge in [0.1, 0.15) is 5.82 Å². The maximum absolute atomic E-state index is 6.71. The zero-order chi connectivity index (χ0) is 20.6. The number of hydrogen-bond acceptors (Lipinski definition) is 7. The first kappa shape index (κ1) is 20.0. The average Bonchev–Trinajstić information content (AvgIpc) is 2.97. The summed E-state index contributed by atoms with van der Waals surface area (Å²) < 4.78 is 17.9. The number of nitrogen functional groups attached to an aromatic ring is 1. The van der Waals surface area contributed by atoms with Crippen molar-refractivity contribution < 1.29 is 14.2 Å². The molecule has 0 aliphatic carbocycles. The summed E-state index contributed by atoms with van der Waals surface area (Å²) in [5.74, 6) is 2.41. The Morgan fingerprint density at radius 3 is 2.59 bits per heavy atom. The fourth-order valence-corrected chi connectivity index (χ4v) is 3.93. The van der Waals surface area contributed by atoms with Crippen LogP contribution < -0.4 is 20.1 Å². The number of aryl methyl sites for hydroxylation is 1. The quantitative estimate of drug-likeness (QED) is 0.794. The van der Waals surface area contributed by atoms with Gasteiger partial charge in [0.2, 0.25) is 5.95 Å². The highest BCUT2D eigenvalue weighted by atomic mass is 35.5. The Balaban J connectivity index is 1.74. The van der Waals surface area contributed by atoms with Gasteiger partial charge in [0.25, 0.3) is 0 Å². The van der Waals surface area contributed by atoms with Crippen molar-refractivity contribution in [2.45, 2.75) is 33.2 Å². The summed E-state index contributed by atoms with van der Waals surface area (Å²) in [4.78, 5) is 10.8. The van der Waals surface area contributed by atoms with Gasteiger partial charge >= 0.3 is 0 Å². The molecular weight excluding hydrogens is 392 g/mol. The third-order valence-electron chi connectivity index (χ3n) is 5.15. The molecule has 156 valence electrons. The lowest BCUT2D eigenvalue weighted by Crippen LogP contribution is -2.32. The van der Waals surface area contributed by atoms with Crippen LogP contribution in [-0.2, 0) is 4.74 Å². The van der Waals surface area contributed by atoms with Crippen molar-refractivity contribution in [2.75, 3.05) is 43.6 Å². The van der Waals surface area contributed by atoms with E-state index >= 15 is 0 Å². The van der Waals surface area contributed by atoms with E-state index in [0.717, 1.165) is 30.0 Å². The van der Waals surface area contributed by atoms with Crippen molar-refractivity contribution in [3.05, 3.63) is 34.5 Å². The number of halogens is 1. The molecule has 1 atom stereocenters. The first-order valence-electron chi connectivity index (χ1n) is 9.87. The predicted octanol–water partition coefficient (Wildman–Crippen LogP) is 3.79. The van der Waals surface area contributed by atoms with Crippen molar-refractivity contribution in [1.82, 2.24) is 9.97 Å². The van der Waals surface area contributed by atoms with Crippen LogP contribution in [0.5, 0.6) is 11.5 Å². The van der Waals surface area contributed by atoms with Crippen LogP contribution in [-0.4, -0.2) is 42.9 Å². The highest BCUT2D eigenvalue weighted by molar-refractivity contribution is 6.31. The topological polar surface area (TPSA) is 82.7 Å². The summed E-state index contributed by atoms with van der Waals surface area (Å²) in [6.07, 6.45) is 0.885. The number of fused-ring (bicyclic) bond motifs is 1. The van der Waals surface area contributed by atoms with Crippen molar-refractivity contribution in [3.63, 3.8) is 0 Å². The van der Waals surface area contributed by atoms with Gasteiger partial charge in [-0.2, -0.15) is 4.98 Å². The molecule has 4 rings (SSSR count). The van der Waals surface area contributed by atoms with E-state index in [1.165, 1.54) is 0 Å². The maximum Gasteiger partial charge on any atom is 0.222 e. The zero-order valence-corrected chi connectivity index (χ0v) is 17.8. The fraction of sp³-hybridized carbons (Fsp3) is 0.524. The molecule has 1 aromatic heterocycles. The Kier molecular flexibility index (Phi) is 5.44. The SMILES string of the molecule is Cc1cc(N2CCCOC[C@@H]2c2cc3c(cc2Cl)OCC(C)(C)CO3)nc(N)n1. The first-order chi connectivity index (χ1) is 13.8. The summed E-state index contributed by atoms with van der Waals surface area (Å²) in [5.41, 5.74) is 7.58. The minimum atomic E-state index is -0.121. The Morgan fingerprint density at radius 1 is 1.14 bits per heavy atom. The van der Waals surface area contributed by atoms with Crippen LogP contribution >= 0.6 is 11.6 Å². The van der Waals surface area contributed by atoms with Gasteiger partial charge in [-0.05, 0) is 25.0 Å². The summed E-state index contributed by atoms with van der Waals surface area (Å²) >= 11 is 6.71. The van der Waals surface area contributed by atoms with Gasteiger partial charge in [0.15, 0.2) is 11.5 Å². The van der Waals surface area contributed by atoms with E-state index in [1.54, 1.807) is 0 Å². The normalized spacial score (nSPS) is 21.4. The van der Waals surface area contributed by atoms with Crippen molar-refractivity contribution in [1.29, 1.82) is 0 Å². The van der Waals surface area contributed by atoms with Crippen LogP contribution in [0.25, 0.3) is 0 Å². The zero-order valence-electron chi connectivity index (χ0n) is 17.1. The van der Waals surface area contributed by atoms with Crippen LogP contribution in [0.1, 0.15) is 37.6 Å². The molecule has 2 N–H and O–H groups in total. The number of anilines is 2. The average molecular weight is 419 g/mol. The van der Waals surface area contributed by atoms with E-state index in [9.17, 15) is 0 Å². The molecule has 1 saturated heterocycles. The minimum absolute atomic E-state index is 0.0703. The van der Waals surface area contributed by atoms with E-state index in [1.807, 2.05) is 25.1 Å². The van der Waals surface area contributed by atoms with Gasteiger partial charge in [-0.15, -0.1) is 0 Å². The van der Waals surface area contributed by atoms with Gasteiger partial charge in [-0.1, -0.05) is 25.4 Å². The second-order valence-electron chi connectivity index (χ2n) is 8.43. The van der Waals surface area contributed by atoms with Crippen LogP contribution in [0.2, 0.25) is 5.02 Å². The Bertz CT molecular complexity index is 885. The molecule has 0 radical (unpaired) electrons. The molecule has 0 bridgehead atoms. The summed E-state index contributed by atoms with van der Waals surface area (Å²) in [6, 6.07) is 5.64. The molecule has 29 heavy (non-hydrogen) atoms. The third kappa shape index (κ3) is 4.36. The van der Waals surface area contributed by atoms with E-state index in [2.05, 4.69) is 28.7 Å². The van der Waals surface area contributed by atoms with Crippen molar-refractivity contribution in [3.8, 4) is 11.5 Å². The Hall–Kier alpha value is -2.25. The van der Waals surface area contributed by atoms with Crippen molar-refractivity contribution >= 4 is 23.4 Å². The second-order valence-corrected chi connectivity index (χ2v) is 8.83. The Labute approximate surface area is 176 Å². The van der Waals surface area contributed by atoms with Gasteiger partial charge < -0.3 is 24.8 Å². The lowest BCUT2D eigenvalue weighted by Gasteiger charge is -2.31. The van der Waals surface area contributed by atoms with Gasteiger partial charge in [0, 0.05) is 41.4 Å². The van der Waals surface area contributed by atoms with Crippen LogP contribution in [0.15, 0.2) is 18.2 Å². The molecule has 2 aromatic rings. The van der Waals surface area contributed by atoms with Gasteiger partial charge in [0.05, 0.1) is 25.9 Å². The van der Waals surface area contributed by atoms with E-state index in [4.69, 9.17) is 31.5 Å². The highest BCUT2D eigenvalue weighted by Crippen LogP contribution is 2.42. The first-order valence-corrected chi connectivity index (χ1v) is 10.2. The van der Waals surface area contributed by atoms with Crippen LogP contribution in [0, 0.1) is 12.3 Å². The minimum Gasteiger partial charge on any atom is -0.489 e. The molecule has 2 aliphatic heterocycles. The lowest BCUT2D eigenvalue weighted by atomic mass is 9.97. The fourth-order valence-electron chi connectivity index (χ4n) is 3.65. The van der Waals surface area contributed by atoms with Crippen LogP contribution in [0.3, 0.4) is 0 Å².